The molecule has 0 saturated heterocycles. The van der Waals surface area contributed by atoms with E-state index in [4.69, 9.17) is 14.6 Å². The van der Waals surface area contributed by atoms with E-state index in [-0.39, 0.29) is 25.4 Å². The number of aliphatic hydroxyl groups is 2. The van der Waals surface area contributed by atoms with E-state index in [9.17, 15) is 5.11 Å². The van der Waals surface area contributed by atoms with Crippen molar-refractivity contribution in [3.63, 3.8) is 0 Å². The molecule has 0 aliphatic carbocycles. The standard InChI is InChI=1S/C12H27NO4/c1-4-11(8-14)13-7-12(15)9-16-5-6-17-10(2)3/h10-15H,4-9H2,1-3H3. The molecule has 5 heteroatoms. The van der Waals surface area contributed by atoms with Crippen LogP contribution in [-0.2, 0) is 9.47 Å². The highest BCUT2D eigenvalue weighted by Gasteiger charge is 2.08. The van der Waals surface area contributed by atoms with Crippen LogP contribution in [0.1, 0.15) is 27.2 Å². The van der Waals surface area contributed by atoms with E-state index in [1.54, 1.807) is 0 Å². The van der Waals surface area contributed by atoms with Crippen LogP contribution in [0.2, 0.25) is 0 Å². The van der Waals surface area contributed by atoms with Crippen LogP contribution in [0.3, 0.4) is 0 Å². The topological polar surface area (TPSA) is 71.0 Å². The van der Waals surface area contributed by atoms with Gasteiger partial charge in [-0.3, -0.25) is 0 Å². The number of hydrogen-bond donors (Lipinski definition) is 3. The maximum absolute atomic E-state index is 9.59. The Hall–Kier alpha value is -0.200. The van der Waals surface area contributed by atoms with Gasteiger partial charge in [-0.2, -0.15) is 0 Å². The molecule has 0 amide bonds. The zero-order valence-electron chi connectivity index (χ0n) is 11.2. The Labute approximate surface area is 104 Å². The minimum atomic E-state index is -0.547. The predicted molar refractivity (Wildman–Crippen MR) is 67.1 cm³/mol. The molecule has 0 aromatic carbocycles. The maximum Gasteiger partial charge on any atom is 0.0897 e. The van der Waals surface area contributed by atoms with Gasteiger partial charge >= 0.3 is 0 Å². The van der Waals surface area contributed by atoms with Gasteiger partial charge in [-0.25, -0.2) is 0 Å². The number of hydrogen-bond acceptors (Lipinski definition) is 5. The first-order valence-corrected chi connectivity index (χ1v) is 6.31. The molecule has 104 valence electrons. The fraction of sp³-hybridized carbons (Fsp3) is 1.00. The van der Waals surface area contributed by atoms with Crippen molar-refractivity contribution in [2.75, 3.05) is 33.0 Å². The van der Waals surface area contributed by atoms with Crippen LogP contribution in [0.5, 0.6) is 0 Å². The molecule has 0 fully saturated rings. The van der Waals surface area contributed by atoms with Gasteiger partial charge in [0.25, 0.3) is 0 Å². The van der Waals surface area contributed by atoms with Crippen molar-refractivity contribution in [2.45, 2.75) is 45.4 Å². The molecule has 5 nitrogen and oxygen atoms in total. The average Bonchev–Trinajstić information content (AvgIpc) is 2.29. The van der Waals surface area contributed by atoms with Gasteiger partial charge in [0, 0.05) is 12.6 Å². The fourth-order valence-corrected chi connectivity index (χ4v) is 1.26. The quantitative estimate of drug-likeness (QED) is 0.455. The van der Waals surface area contributed by atoms with Crippen molar-refractivity contribution in [1.29, 1.82) is 0 Å². The van der Waals surface area contributed by atoms with E-state index in [0.29, 0.717) is 19.8 Å². The molecule has 3 N–H and O–H groups in total. The first-order valence-electron chi connectivity index (χ1n) is 6.31. The van der Waals surface area contributed by atoms with E-state index in [1.165, 1.54) is 0 Å². The summed E-state index contributed by atoms with van der Waals surface area (Å²) < 4.78 is 10.6. The molecule has 0 heterocycles. The Kier molecular flexibility index (Phi) is 10.8. The van der Waals surface area contributed by atoms with Crippen molar-refractivity contribution in [3.8, 4) is 0 Å². The Morgan fingerprint density at radius 2 is 1.94 bits per heavy atom. The Bertz CT molecular complexity index is 163. The largest absolute Gasteiger partial charge is 0.395 e. The lowest BCUT2D eigenvalue weighted by Gasteiger charge is -2.17. The molecule has 0 radical (unpaired) electrons. The summed E-state index contributed by atoms with van der Waals surface area (Å²) >= 11 is 0. The van der Waals surface area contributed by atoms with E-state index in [1.807, 2.05) is 20.8 Å². The monoisotopic (exact) mass is 249 g/mol. The summed E-state index contributed by atoms with van der Waals surface area (Å²) in [5.74, 6) is 0. The second-order valence-corrected chi connectivity index (χ2v) is 4.34. The van der Waals surface area contributed by atoms with Gasteiger partial charge in [-0.1, -0.05) is 6.92 Å². The lowest BCUT2D eigenvalue weighted by molar-refractivity contribution is -0.0108. The SMILES string of the molecule is CCC(CO)NCC(O)COCCOC(C)C. The van der Waals surface area contributed by atoms with Crippen LogP contribution in [0.4, 0.5) is 0 Å². The van der Waals surface area contributed by atoms with Crippen LogP contribution in [0.15, 0.2) is 0 Å². The molecule has 2 atom stereocenters. The minimum absolute atomic E-state index is 0.0499. The predicted octanol–water partition coefficient (Wildman–Crippen LogP) is 0.149. The van der Waals surface area contributed by atoms with Crippen LogP contribution in [0, 0.1) is 0 Å². The van der Waals surface area contributed by atoms with Gasteiger partial charge < -0.3 is 25.0 Å². The average molecular weight is 249 g/mol. The molecule has 0 saturated carbocycles. The fourth-order valence-electron chi connectivity index (χ4n) is 1.26. The zero-order chi connectivity index (χ0) is 13.1. The Balaban J connectivity index is 3.37. The molecule has 0 aromatic rings. The smallest absolute Gasteiger partial charge is 0.0897 e. The van der Waals surface area contributed by atoms with Crippen LogP contribution in [0.25, 0.3) is 0 Å². The van der Waals surface area contributed by atoms with Gasteiger partial charge in [0.2, 0.25) is 0 Å². The summed E-state index contributed by atoms with van der Waals surface area (Å²) in [5, 5.41) is 21.6. The third-order valence-electron chi connectivity index (χ3n) is 2.34. The second-order valence-electron chi connectivity index (χ2n) is 4.34. The summed E-state index contributed by atoms with van der Waals surface area (Å²) in [6, 6.07) is 0.0499. The Morgan fingerprint density at radius 1 is 1.24 bits per heavy atom. The highest BCUT2D eigenvalue weighted by molar-refractivity contribution is 4.66. The molecule has 2 unspecified atom stereocenters. The van der Waals surface area contributed by atoms with Gasteiger partial charge in [0.1, 0.15) is 0 Å². The van der Waals surface area contributed by atoms with Crippen molar-refractivity contribution in [2.24, 2.45) is 0 Å². The van der Waals surface area contributed by atoms with Gasteiger partial charge in [0.05, 0.1) is 38.6 Å². The van der Waals surface area contributed by atoms with Crippen LogP contribution >= 0.6 is 0 Å². The summed E-state index contributed by atoms with van der Waals surface area (Å²) in [5.41, 5.74) is 0. The summed E-state index contributed by atoms with van der Waals surface area (Å²) in [7, 11) is 0. The molecule has 0 bridgehead atoms. The lowest BCUT2D eigenvalue weighted by Crippen LogP contribution is -2.39. The Morgan fingerprint density at radius 3 is 2.47 bits per heavy atom. The first kappa shape index (κ1) is 16.8. The van der Waals surface area contributed by atoms with Crippen LogP contribution in [-0.4, -0.2) is 61.4 Å². The first-order chi connectivity index (χ1) is 8.10. The molecule has 0 aliphatic rings. The highest BCUT2D eigenvalue weighted by Crippen LogP contribution is 1.92. The lowest BCUT2D eigenvalue weighted by atomic mass is 10.2. The van der Waals surface area contributed by atoms with Gasteiger partial charge in [-0.05, 0) is 20.3 Å². The summed E-state index contributed by atoms with van der Waals surface area (Å²) in [4.78, 5) is 0. The van der Waals surface area contributed by atoms with Gasteiger partial charge in [0.15, 0.2) is 0 Å². The molecule has 0 rings (SSSR count). The molecule has 17 heavy (non-hydrogen) atoms. The van der Waals surface area contributed by atoms with Gasteiger partial charge in [-0.15, -0.1) is 0 Å². The molecule has 0 aliphatic heterocycles. The zero-order valence-corrected chi connectivity index (χ0v) is 11.2. The van der Waals surface area contributed by atoms with E-state index >= 15 is 0 Å². The molecular formula is C12H27NO4. The number of ether oxygens (including phenoxy) is 2. The van der Waals surface area contributed by atoms with E-state index in [2.05, 4.69) is 5.32 Å². The summed E-state index contributed by atoms with van der Waals surface area (Å²) in [6.07, 6.45) is 0.501. The minimum Gasteiger partial charge on any atom is -0.395 e. The normalized spacial score (nSPS) is 15.2. The number of rotatable bonds is 11. The van der Waals surface area contributed by atoms with Crippen molar-refractivity contribution in [3.05, 3.63) is 0 Å². The molecular weight excluding hydrogens is 222 g/mol. The number of aliphatic hydroxyl groups excluding tert-OH is 2. The summed E-state index contributed by atoms with van der Waals surface area (Å²) in [6.45, 7) is 7.78. The second kappa shape index (κ2) is 10.9. The number of nitrogens with one attached hydrogen (secondary N) is 1. The molecule has 0 spiro atoms. The van der Waals surface area contributed by atoms with E-state index < -0.39 is 6.10 Å². The van der Waals surface area contributed by atoms with Crippen LogP contribution < -0.4 is 5.32 Å². The third kappa shape index (κ3) is 10.7. The van der Waals surface area contributed by atoms with Crippen molar-refractivity contribution < 1.29 is 19.7 Å². The van der Waals surface area contributed by atoms with Crippen molar-refractivity contribution in [1.82, 2.24) is 5.32 Å². The third-order valence-corrected chi connectivity index (χ3v) is 2.34. The maximum atomic E-state index is 9.59. The highest BCUT2D eigenvalue weighted by atomic mass is 16.5. The molecule has 0 aromatic heterocycles. The van der Waals surface area contributed by atoms with Crippen molar-refractivity contribution >= 4 is 0 Å². The van der Waals surface area contributed by atoms with E-state index in [0.717, 1.165) is 6.42 Å².